The molecule has 0 spiro atoms. The van der Waals surface area contributed by atoms with Gasteiger partial charge >= 0.3 is 0 Å². The van der Waals surface area contributed by atoms with Crippen molar-refractivity contribution in [3.8, 4) is 0 Å². The largest absolute Gasteiger partial charge is 0.335 e. The van der Waals surface area contributed by atoms with Gasteiger partial charge in [-0.2, -0.15) is 5.10 Å². The lowest BCUT2D eigenvalue weighted by Crippen LogP contribution is -2.47. The van der Waals surface area contributed by atoms with Gasteiger partial charge in [0, 0.05) is 32.3 Å². The van der Waals surface area contributed by atoms with Gasteiger partial charge in [-0.3, -0.25) is 9.59 Å². The van der Waals surface area contributed by atoms with Gasteiger partial charge in [-0.25, -0.2) is 4.39 Å². The number of aromatic nitrogens is 2. The van der Waals surface area contributed by atoms with E-state index in [1.807, 2.05) is 18.7 Å². The lowest BCUT2D eigenvalue weighted by molar-refractivity contribution is -0.134. The summed E-state index contributed by atoms with van der Waals surface area (Å²) in [5.41, 5.74) is 1.14. The third kappa shape index (κ3) is 4.48. The summed E-state index contributed by atoms with van der Waals surface area (Å²) < 4.78 is 13.2. The molecule has 27 heavy (non-hydrogen) atoms. The molecule has 2 heterocycles. The normalized spacial score (nSPS) is 17.9. The summed E-state index contributed by atoms with van der Waals surface area (Å²) in [4.78, 5) is 29.1. The molecule has 0 bridgehead atoms. The minimum absolute atomic E-state index is 0.00697. The van der Waals surface area contributed by atoms with E-state index in [1.165, 1.54) is 18.3 Å². The molecule has 2 amide bonds. The van der Waals surface area contributed by atoms with E-state index in [-0.39, 0.29) is 41.7 Å². The molecule has 0 saturated carbocycles. The quantitative estimate of drug-likeness (QED) is 0.829. The average molecular weight is 370 g/mol. The van der Waals surface area contributed by atoms with Crippen LogP contribution in [0.2, 0.25) is 0 Å². The molecule has 1 fully saturated rings. The Labute approximate surface area is 158 Å². The van der Waals surface area contributed by atoms with Gasteiger partial charge in [0.1, 0.15) is 5.82 Å². The van der Waals surface area contributed by atoms with Crippen LogP contribution in [-0.4, -0.2) is 50.9 Å². The number of halogens is 1. The van der Waals surface area contributed by atoms with Crippen LogP contribution >= 0.6 is 0 Å². The summed E-state index contributed by atoms with van der Waals surface area (Å²) in [5, 5.41) is 7.66. The third-order valence-electron chi connectivity index (χ3n) is 4.84. The Hall–Kier alpha value is -2.83. The number of hydrogen-bond acceptors (Lipinski definition) is 4. The van der Waals surface area contributed by atoms with Crippen LogP contribution in [0.15, 0.2) is 42.6 Å². The molecule has 142 valence electrons. The zero-order valence-electron chi connectivity index (χ0n) is 15.5. The predicted molar refractivity (Wildman–Crippen MR) is 98.1 cm³/mol. The highest BCUT2D eigenvalue weighted by atomic mass is 19.1. The smallest absolute Gasteiger partial charge is 0.274 e. The van der Waals surface area contributed by atoms with Crippen molar-refractivity contribution in [1.29, 1.82) is 0 Å². The van der Waals surface area contributed by atoms with Crippen molar-refractivity contribution in [2.75, 3.05) is 13.1 Å². The highest BCUT2D eigenvalue weighted by Crippen LogP contribution is 2.22. The average Bonchev–Trinajstić information content (AvgIpc) is 2.83. The first-order chi connectivity index (χ1) is 13.0. The van der Waals surface area contributed by atoms with Gasteiger partial charge in [0.15, 0.2) is 5.69 Å². The second-order valence-electron chi connectivity index (χ2n) is 7.07. The molecule has 1 aromatic heterocycles. The number of benzene rings is 1. The topological polar surface area (TPSA) is 66.4 Å². The molecule has 0 N–H and O–H groups in total. The van der Waals surface area contributed by atoms with Crippen molar-refractivity contribution in [2.24, 2.45) is 5.92 Å². The minimum Gasteiger partial charge on any atom is -0.335 e. The molecular formula is C20H23FN4O2. The van der Waals surface area contributed by atoms with Gasteiger partial charge in [-0.05, 0) is 35.7 Å². The molecule has 1 aromatic carbocycles. The van der Waals surface area contributed by atoms with Gasteiger partial charge in [0.25, 0.3) is 5.91 Å². The molecule has 2 aromatic rings. The molecule has 1 aliphatic rings. The summed E-state index contributed by atoms with van der Waals surface area (Å²) >= 11 is 0. The van der Waals surface area contributed by atoms with Crippen LogP contribution in [-0.2, 0) is 11.3 Å². The Morgan fingerprint density at radius 3 is 2.63 bits per heavy atom. The molecule has 0 radical (unpaired) electrons. The fourth-order valence-electron chi connectivity index (χ4n) is 3.30. The van der Waals surface area contributed by atoms with Crippen molar-refractivity contribution in [2.45, 2.75) is 32.9 Å². The van der Waals surface area contributed by atoms with Crippen molar-refractivity contribution in [1.82, 2.24) is 20.0 Å². The first-order valence-electron chi connectivity index (χ1n) is 9.06. The van der Waals surface area contributed by atoms with Crippen LogP contribution < -0.4 is 0 Å². The summed E-state index contributed by atoms with van der Waals surface area (Å²) in [7, 11) is 0. The van der Waals surface area contributed by atoms with Gasteiger partial charge in [0.2, 0.25) is 5.91 Å². The monoisotopic (exact) mass is 370 g/mol. The SMILES string of the molecule is CC(C)[C@@H]1CN(C(=O)c2cccnn2)CCC(=O)N1Cc1ccc(F)cc1. The molecule has 3 rings (SSSR count). The molecule has 1 aliphatic heterocycles. The Morgan fingerprint density at radius 2 is 2.00 bits per heavy atom. The van der Waals surface area contributed by atoms with Crippen molar-refractivity contribution in [3.05, 3.63) is 59.7 Å². The van der Waals surface area contributed by atoms with Crippen LogP contribution in [0.5, 0.6) is 0 Å². The zero-order chi connectivity index (χ0) is 19.4. The molecule has 6 nitrogen and oxygen atoms in total. The maximum atomic E-state index is 13.2. The summed E-state index contributed by atoms with van der Waals surface area (Å²) in [6.45, 7) is 5.24. The van der Waals surface area contributed by atoms with Gasteiger partial charge in [-0.1, -0.05) is 26.0 Å². The lowest BCUT2D eigenvalue weighted by atomic mass is 10.0. The summed E-state index contributed by atoms with van der Waals surface area (Å²) in [5.74, 6) is -0.371. The maximum Gasteiger partial charge on any atom is 0.274 e. The van der Waals surface area contributed by atoms with Crippen LogP contribution in [0.25, 0.3) is 0 Å². The van der Waals surface area contributed by atoms with Crippen LogP contribution in [0.1, 0.15) is 36.3 Å². The number of nitrogens with zero attached hydrogens (tertiary/aromatic N) is 4. The Kier molecular flexibility index (Phi) is 5.78. The second kappa shape index (κ2) is 8.24. The van der Waals surface area contributed by atoms with E-state index >= 15 is 0 Å². The van der Waals surface area contributed by atoms with E-state index in [2.05, 4.69) is 10.2 Å². The highest BCUT2D eigenvalue weighted by molar-refractivity contribution is 5.92. The first kappa shape index (κ1) is 18.9. The fraction of sp³-hybridized carbons (Fsp3) is 0.400. The van der Waals surface area contributed by atoms with E-state index in [0.717, 1.165) is 5.56 Å². The lowest BCUT2D eigenvalue weighted by Gasteiger charge is -2.34. The maximum absolute atomic E-state index is 13.2. The van der Waals surface area contributed by atoms with Crippen LogP contribution in [0.3, 0.4) is 0 Å². The Bertz CT molecular complexity index is 795. The number of amides is 2. The molecule has 0 aliphatic carbocycles. The number of hydrogen-bond donors (Lipinski definition) is 0. The zero-order valence-corrected chi connectivity index (χ0v) is 15.5. The minimum atomic E-state index is -0.304. The number of rotatable bonds is 4. The number of carbonyl (C=O) groups excluding carboxylic acids is 2. The number of carbonyl (C=O) groups is 2. The van der Waals surface area contributed by atoms with Gasteiger partial charge < -0.3 is 9.80 Å². The van der Waals surface area contributed by atoms with Crippen LogP contribution in [0, 0.1) is 11.7 Å². The fourth-order valence-corrected chi connectivity index (χ4v) is 3.30. The van der Waals surface area contributed by atoms with E-state index in [1.54, 1.807) is 29.2 Å². The van der Waals surface area contributed by atoms with E-state index in [4.69, 9.17) is 0 Å². The van der Waals surface area contributed by atoms with E-state index in [9.17, 15) is 14.0 Å². The van der Waals surface area contributed by atoms with Gasteiger partial charge in [-0.15, -0.1) is 5.10 Å². The Balaban J connectivity index is 1.82. The Morgan fingerprint density at radius 1 is 1.26 bits per heavy atom. The van der Waals surface area contributed by atoms with Crippen LogP contribution in [0.4, 0.5) is 4.39 Å². The van der Waals surface area contributed by atoms with Crippen molar-refractivity contribution < 1.29 is 14.0 Å². The first-order valence-corrected chi connectivity index (χ1v) is 9.06. The molecular weight excluding hydrogens is 347 g/mol. The summed E-state index contributed by atoms with van der Waals surface area (Å²) in [6.07, 6.45) is 1.76. The third-order valence-corrected chi connectivity index (χ3v) is 4.84. The van der Waals surface area contributed by atoms with Gasteiger partial charge in [0.05, 0.1) is 6.04 Å². The molecule has 1 atom stereocenters. The van der Waals surface area contributed by atoms with Crippen molar-refractivity contribution >= 4 is 11.8 Å². The van der Waals surface area contributed by atoms with Crippen molar-refractivity contribution in [3.63, 3.8) is 0 Å². The molecule has 7 heteroatoms. The van der Waals surface area contributed by atoms with E-state index in [0.29, 0.717) is 19.6 Å². The van der Waals surface area contributed by atoms with E-state index < -0.39 is 0 Å². The standard InChI is InChI=1S/C20H23FN4O2/c1-14(2)18-13-24(20(27)17-4-3-10-22-23-17)11-9-19(26)25(18)12-15-5-7-16(21)8-6-15/h3-8,10,14,18H,9,11-13H2,1-2H3/t18-/m0/s1. The summed E-state index contributed by atoms with van der Waals surface area (Å²) in [6, 6.07) is 9.33. The second-order valence-corrected chi connectivity index (χ2v) is 7.07. The molecule has 1 saturated heterocycles. The molecule has 0 unspecified atom stereocenters. The predicted octanol–water partition coefficient (Wildman–Crippen LogP) is 2.52. The highest BCUT2D eigenvalue weighted by Gasteiger charge is 2.34.